The monoisotopic (exact) mass is 226 g/mol. The molecule has 6 heteroatoms. The van der Waals surface area contributed by atoms with E-state index in [4.69, 9.17) is 0 Å². The Kier molecular flexibility index (Phi) is 4.42. The van der Waals surface area contributed by atoms with E-state index in [9.17, 15) is 10.1 Å². The van der Waals surface area contributed by atoms with Gasteiger partial charge in [0.2, 0.25) is 0 Å². The zero-order valence-corrected chi connectivity index (χ0v) is 9.93. The summed E-state index contributed by atoms with van der Waals surface area (Å²) in [4.78, 5) is 10.2. The molecule has 1 N–H and O–H groups in total. The van der Waals surface area contributed by atoms with Crippen LogP contribution in [0.25, 0.3) is 0 Å². The maximum atomic E-state index is 10.6. The second kappa shape index (κ2) is 5.60. The van der Waals surface area contributed by atoms with E-state index in [1.807, 2.05) is 0 Å². The van der Waals surface area contributed by atoms with Crippen LogP contribution < -0.4 is 5.32 Å². The van der Waals surface area contributed by atoms with Crippen molar-refractivity contribution in [1.82, 2.24) is 15.1 Å². The van der Waals surface area contributed by atoms with Crippen molar-refractivity contribution in [2.45, 2.75) is 27.3 Å². The molecule has 1 aromatic heterocycles. The summed E-state index contributed by atoms with van der Waals surface area (Å²) in [5.41, 5.74) is 0.612. The van der Waals surface area contributed by atoms with Crippen molar-refractivity contribution in [2.75, 3.05) is 13.1 Å². The zero-order valence-electron chi connectivity index (χ0n) is 9.93. The SMILES string of the molecule is CCNCC(C)Cn1cc(C)c([N+](=O)[O-])n1. The Morgan fingerprint density at radius 3 is 2.88 bits per heavy atom. The van der Waals surface area contributed by atoms with Gasteiger partial charge in [-0.1, -0.05) is 13.8 Å². The van der Waals surface area contributed by atoms with Gasteiger partial charge in [-0.25, -0.2) is 0 Å². The van der Waals surface area contributed by atoms with Crippen molar-refractivity contribution < 1.29 is 4.92 Å². The predicted molar refractivity (Wildman–Crippen MR) is 61.3 cm³/mol. The first-order valence-corrected chi connectivity index (χ1v) is 5.43. The first kappa shape index (κ1) is 12.6. The van der Waals surface area contributed by atoms with E-state index in [0.717, 1.165) is 13.1 Å². The molecule has 90 valence electrons. The van der Waals surface area contributed by atoms with Crippen molar-refractivity contribution in [3.05, 3.63) is 21.9 Å². The fourth-order valence-corrected chi connectivity index (χ4v) is 1.56. The Morgan fingerprint density at radius 1 is 1.69 bits per heavy atom. The molecule has 1 rings (SSSR count). The van der Waals surface area contributed by atoms with Crippen LogP contribution >= 0.6 is 0 Å². The summed E-state index contributed by atoms with van der Waals surface area (Å²) in [6, 6.07) is 0. The molecule has 1 heterocycles. The number of aryl methyl sites for hydroxylation is 1. The van der Waals surface area contributed by atoms with Gasteiger partial charge in [-0.3, -0.25) is 0 Å². The third-order valence-corrected chi connectivity index (χ3v) is 2.33. The van der Waals surface area contributed by atoms with Crippen LogP contribution in [0.15, 0.2) is 6.20 Å². The average molecular weight is 226 g/mol. The van der Waals surface area contributed by atoms with Crippen molar-refractivity contribution in [3.8, 4) is 0 Å². The molecule has 0 amide bonds. The second-order valence-electron chi connectivity index (χ2n) is 4.03. The first-order chi connectivity index (χ1) is 7.54. The molecule has 0 bridgehead atoms. The topological polar surface area (TPSA) is 73.0 Å². The zero-order chi connectivity index (χ0) is 12.1. The number of hydrogen-bond acceptors (Lipinski definition) is 4. The Bertz CT molecular complexity index is 362. The fourth-order valence-electron chi connectivity index (χ4n) is 1.56. The van der Waals surface area contributed by atoms with E-state index in [2.05, 4.69) is 24.3 Å². The minimum atomic E-state index is -0.444. The molecule has 0 aliphatic carbocycles. The Balaban J connectivity index is 2.60. The Hall–Kier alpha value is -1.43. The standard InChI is InChI=1S/C10H18N4O2/c1-4-11-5-8(2)6-13-7-9(3)10(12-13)14(15)16/h7-8,11H,4-6H2,1-3H3. The molecule has 1 aromatic rings. The van der Waals surface area contributed by atoms with E-state index in [0.29, 0.717) is 18.0 Å². The summed E-state index contributed by atoms with van der Waals surface area (Å²) in [5.74, 6) is 0.356. The van der Waals surface area contributed by atoms with E-state index in [1.54, 1.807) is 17.8 Å². The molecule has 0 aliphatic rings. The largest absolute Gasteiger partial charge is 0.392 e. The van der Waals surface area contributed by atoms with Crippen LogP contribution in [0.3, 0.4) is 0 Å². The summed E-state index contributed by atoms with van der Waals surface area (Å²) in [6.07, 6.45) is 1.72. The third-order valence-electron chi connectivity index (χ3n) is 2.33. The van der Waals surface area contributed by atoms with Crippen LogP contribution in [-0.2, 0) is 6.54 Å². The van der Waals surface area contributed by atoms with E-state index < -0.39 is 4.92 Å². The maximum absolute atomic E-state index is 10.6. The highest BCUT2D eigenvalue weighted by Crippen LogP contribution is 2.14. The minimum Gasteiger partial charge on any atom is -0.358 e. The van der Waals surface area contributed by atoms with Crippen molar-refractivity contribution in [3.63, 3.8) is 0 Å². The summed E-state index contributed by atoms with van der Waals surface area (Å²) in [6.45, 7) is 8.37. The molecule has 0 fully saturated rings. The van der Waals surface area contributed by atoms with Gasteiger partial charge in [0.05, 0.1) is 23.4 Å². The van der Waals surface area contributed by atoms with Crippen LogP contribution in [0, 0.1) is 23.0 Å². The molecular weight excluding hydrogens is 208 g/mol. The highest BCUT2D eigenvalue weighted by atomic mass is 16.6. The highest BCUT2D eigenvalue weighted by molar-refractivity contribution is 5.27. The molecule has 0 spiro atoms. The van der Waals surface area contributed by atoms with Crippen molar-refractivity contribution in [1.29, 1.82) is 0 Å². The molecular formula is C10H18N4O2. The molecule has 1 unspecified atom stereocenters. The number of hydrogen-bond donors (Lipinski definition) is 1. The summed E-state index contributed by atoms with van der Waals surface area (Å²) >= 11 is 0. The lowest BCUT2D eigenvalue weighted by molar-refractivity contribution is -0.390. The van der Waals surface area contributed by atoms with Gasteiger partial charge in [0.25, 0.3) is 0 Å². The van der Waals surface area contributed by atoms with Gasteiger partial charge in [0.15, 0.2) is 0 Å². The number of aromatic nitrogens is 2. The minimum absolute atomic E-state index is 0.0457. The van der Waals surface area contributed by atoms with Gasteiger partial charge < -0.3 is 15.4 Å². The molecule has 0 radical (unpaired) electrons. The van der Waals surface area contributed by atoms with Crippen LogP contribution in [0.4, 0.5) is 5.82 Å². The van der Waals surface area contributed by atoms with Crippen LogP contribution in [0.5, 0.6) is 0 Å². The van der Waals surface area contributed by atoms with Crippen LogP contribution in [0.1, 0.15) is 19.4 Å². The fraction of sp³-hybridized carbons (Fsp3) is 0.700. The Morgan fingerprint density at radius 2 is 2.38 bits per heavy atom. The molecule has 16 heavy (non-hydrogen) atoms. The third kappa shape index (κ3) is 3.30. The highest BCUT2D eigenvalue weighted by Gasteiger charge is 2.17. The predicted octanol–water partition coefficient (Wildman–Crippen LogP) is 1.35. The normalized spacial score (nSPS) is 12.7. The Labute approximate surface area is 94.8 Å². The van der Waals surface area contributed by atoms with E-state index >= 15 is 0 Å². The van der Waals surface area contributed by atoms with Gasteiger partial charge in [-0.2, -0.15) is 4.68 Å². The average Bonchev–Trinajstić information content (AvgIpc) is 2.56. The quantitative estimate of drug-likeness (QED) is 0.587. The lowest BCUT2D eigenvalue weighted by atomic mass is 10.2. The number of nitrogens with zero attached hydrogens (tertiary/aromatic N) is 3. The summed E-state index contributed by atoms with van der Waals surface area (Å²) in [7, 11) is 0. The molecule has 6 nitrogen and oxygen atoms in total. The molecule has 1 atom stereocenters. The van der Waals surface area contributed by atoms with Gasteiger partial charge >= 0.3 is 5.82 Å². The lowest BCUT2D eigenvalue weighted by Crippen LogP contribution is -2.24. The van der Waals surface area contributed by atoms with Gasteiger partial charge in [-0.05, 0) is 30.9 Å². The molecule has 0 saturated carbocycles. The maximum Gasteiger partial charge on any atom is 0.392 e. The first-order valence-electron chi connectivity index (χ1n) is 5.43. The number of nitro groups is 1. The van der Waals surface area contributed by atoms with E-state index in [1.165, 1.54) is 0 Å². The molecule has 0 saturated heterocycles. The molecule has 0 aromatic carbocycles. The van der Waals surface area contributed by atoms with Crippen molar-refractivity contribution >= 4 is 5.82 Å². The van der Waals surface area contributed by atoms with Crippen LogP contribution in [-0.4, -0.2) is 27.8 Å². The second-order valence-corrected chi connectivity index (χ2v) is 4.03. The number of nitrogens with one attached hydrogen (secondary N) is 1. The molecule has 0 aliphatic heterocycles. The van der Waals surface area contributed by atoms with Gasteiger partial charge in [0.1, 0.15) is 0 Å². The lowest BCUT2D eigenvalue weighted by Gasteiger charge is -2.09. The summed E-state index contributed by atoms with van der Waals surface area (Å²) in [5, 5.41) is 17.8. The van der Waals surface area contributed by atoms with E-state index in [-0.39, 0.29) is 5.82 Å². The summed E-state index contributed by atoms with van der Waals surface area (Å²) < 4.78 is 1.65. The van der Waals surface area contributed by atoms with Crippen molar-refractivity contribution in [2.24, 2.45) is 5.92 Å². The number of rotatable bonds is 6. The van der Waals surface area contributed by atoms with Crippen LogP contribution in [0.2, 0.25) is 0 Å². The smallest absolute Gasteiger partial charge is 0.358 e. The van der Waals surface area contributed by atoms with Gasteiger partial charge in [-0.15, -0.1) is 0 Å². The van der Waals surface area contributed by atoms with Gasteiger partial charge in [0, 0.05) is 0 Å².